The number of carboxylic acids is 1. The number of aliphatic carboxylic acids is 1. The van der Waals surface area contributed by atoms with Crippen LogP contribution in [0.3, 0.4) is 0 Å². The van der Waals surface area contributed by atoms with Gasteiger partial charge in [-0.15, -0.1) is 0 Å². The van der Waals surface area contributed by atoms with Gasteiger partial charge in [-0.2, -0.15) is 0 Å². The van der Waals surface area contributed by atoms with Gasteiger partial charge in [0, 0.05) is 6.42 Å². The van der Waals surface area contributed by atoms with Crippen LogP contribution >= 0.6 is 0 Å². The van der Waals surface area contributed by atoms with Crippen molar-refractivity contribution in [1.82, 2.24) is 0 Å². The molecule has 0 saturated heterocycles. The van der Waals surface area contributed by atoms with E-state index in [-0.39, 0.29) is 29.5 Å². The molecule has 0 heterocycles. The molecule has 0 aromatic carbocycles. The van der Waals surface area contributed by atoms with Crippen molar-refractivity contribution < 1.29 is 20.1 Å². The molecule has 0 amide bonds. The second-order valence-electron chi connectivity index (χ2n) is 12.0. The fourth-order valence-electron chi connectivity index (χ4n) is 9.48. The molecule has 4 heteroatoms. The molecule has 30 heavy (non-hydrogen) atoms. The first-order chi connectivity index (χ1) is 14.1. The summed E-state index contributed by atoms with van der Waals surface area (Å²) >= 11 is 0. The third kappa shape index (κ3) is 3.36. The van der Waals surface area contributed by atoms with E-state index < -0.39 is 5.97 Å². The molecule has 4 fully saturated rings. The van der Waals surface area contributed by atoms with Crippen molar-refractivity contribution in [3.63, 3.8) is 0 Å². The van der Waals surface area contributed by atoms with E-state index in [1.165, 1.54) is 25.7 Å². The van der Waals surface area contributed by atoms with E-state index in [2.05, 4.69) is 27.7 Å². The molecule has 0 aromatic rings. The SMILES string of the molecule is CC[C@@H]1C2C[C@H](O)CC[C@]2(C)C2CCC3(C)C(CCC3[C@H](C)CCC(=O)O)C2[C@@H]1O. The summed E-state index contributed by atoms with van der Waals surface area (Å²) in [7, 11) is 0. The lowest BCUT2D eigenvalue weighted by atomic mass is 9.41. The number of hydrogen-bond acceptors (Lipinski definition) is 3. The summed E-state index contributed by atoms with van der Waals surface area (Å²) in [5.74, 6) is 2.58. The molecule has 4 saturated carbocycles. The Kier molecular flexibility index (Phi) is 6.07. The van der Waals surface area contributed by atoms with Crippen molar-refractivity contribution in [2.45, 2.75) is 104 Å². The average Bonchev–Trinajstić information content (AvgIpc) is 3.05. The Balaban J connectivity index is 1.61. The highest BCUT2D eigenvalue weighted by Gasteiger charge is 2.64. The molecule has 0 spiro atoms. The Labute approximate surface area is 182 Å². The maximum Gasteiger partial charge on any atom is 0.303 e. The quantitative estimate of drug-likeness (QED) is 0.577. The predicted octanol–water partition coefficient (Wildman–Crippen LogP) is 5.11. The van der Waals surface area contributed by atoms with Crippen LogP contribution in [0.2, 0.25) is 0 Å². The molecule has 172 valence electrons. The highest BCUT2D eigenvalue weighted by Crippen LogP contribution is 2.69. The van der Waals surface area contributed by atoms with Crippen molar-refractivity contribution in [2.24, 2.45) is 52.3 Å². The van der Waals surface area contributed by atoms with Crippen molar-refractivity contribution in [2.75, 3.05) is 0 Å². The van der Waals surface area contributed by atoms with Gasteiger partial charge in [-0.1, -0.05) is 34.1 Å². The first-order valence-corrected chi connectivity index (χ1v) is 12.7. The second kappa shape index (κ2) is 8.06. The number of hydrogen-bond donors (Lipinski definition) is 3. The smallest absolute Gasteiger partial charge is 0.303 e. The summed E-state index contributed by atoms with van der Waals surface area (Å²) < 4.78 is 0. The first-order valence-electron chi connectivity index (χ1n) is 12.7. The van der Waals surface area contributed by atoms with Crippen LogP contribution in [0.25, 0.3) is 0 Å². The molecule has 4 aliphatic carbocycles. The normalized spacial score (nSPS) is 51.5. The van der Waals surface area contributed by atoms with Crippen molar-refractivity contribution in [3.8, 4) is 0 Å². The van der Waals surface area contributed by atoms with Gasteiger partial charge < -0.3 is 15.3 Å². The summed E-state index contributed by atoms with van der Waals surface area (Å²) in [5, 5.41) is 31.3. The Hall–Kier alpha value is -0.610. The zero-order chi connectivity index (χ0) is 21.8. The maximum atomic E-state index is 11.7. The molecular formula is C26H44O4. The van der Waals surface area contributed by atoms with Gasteiger partial charge in [-0.3, -0.25) is 4.79 Å². The summed E-state index contributed by atoms with van der Waals surface area (Å²) in [4.78, 5) is 11.1. The minimum atomic E-state index is -0.683. The molecule has 0 radical (unpaired) electrons. The molecule has 6 unspecified atom stereocenters. The molecule has 0 bridgehead atoms. The molecule has 3 N–H and O–H groups in total. The zero-order valence-corrected chi connectivity index (χ0v) is 19.5. The van der Waals surface area contributed by atoms with Crippen LogP contribution in [0, 0.1) is 52.3 Å². The molecule has 4 nitrogen and oxygen atoms in total. The molecule has 4 aliphatic rings. The highest BCUT2D eigenvalue weighted by molar-refractivity contribution is 5.66. The van der Waals surface area contributed by atoms with E-state index in [1.807, 2.05) is 0 Å². The van der Waals surface area contributed by atoms with E-state index in [1.54, 1.807) is 0 Å². The lowest BCUT2D eigenvalue weighted by molar-refractivity contribution is -0.203. The Morgan fingerprint density at radius 2 is 1.67 bits per heavy atom. The summed E-state index contributed by atoms with van der Waals surface area (Å²) in [5.41, 5.74) is 0.480. The average molecular weight is 421 g/mol. The number of carboxylic acid groups (broad SMARTS) is 1. The first kappa shape index (κ1) is 22.6. The third-order valence-electron chi connectivity index (χ3n) is 11.0. The number of aliphatic hydroxyl groups excluding tert-OH is 2. The Bertz CT molecular complexity index is 649. The van der Waals surface area contributed by atoms with Gasteiger partial charge in [-0.25, -0.2) is 0 Å². The minimum Gasteiger partial charge on any atom is -0.481 e. The summed E-state index contributed by atoms with van der Waals surface area (Å²) in [6, 6.07) is 0. The van der Waals surface area contributed by atoms with Crippen LogP contribution in [0.1, 0.15) is 91.9 Å². The highest BCUT2D eigenvalue weighted by atomic mass is 16.4. The van der Waals surface area contributed by atoms with Crippen molar-refractivity contribution in [3.05, 3.63) is 0 Å². The second-order valence-corrected chi connectivity index (χ2v) is 12.0. The van der Waals surface area contributed by atoms with Crippen molar-refractivity contribution in [1.29, 1.82) is 0 Å². The molecule has 11 atom stereocenters. The van der Waals surface area contributed by atoms with Gasteiger partial charge in [0.05, 0.1) is 12.2 Å². The number of fused-ring (bicyclic) bond motifs is 5. The van der Waals surface area contributed by atoms with Crippen LogP contribution in [-0.4, -0.2) is 33.5 Å². The van der Waals surface area contributed by atoms with E-state index in [9.17, 15) is 15.0 Å². The summed E-state index contributed by atoms with van der Waals surface area (Å²) in [6.45, 7) is 9.44. The standard InChI is InChI=1S/C26H44O4/c1-5-17-21-14-16(27)10-12-26(21,4)20-11-13-25(3)18(15(2)6-9-22(28)29)7-8-19(25)23(20)24(17)30/h15-21,23-24,27,30H,5-14H2,1-4H3,(H,28,29)/t15-,16-,17-,18?,19?,20?,21?,23?,24-,25?,26-/m1/s1. The van der Waals surface area contributed by atoms with Gasteiger partial charge in [0.15, 0.2) is 0 Å². The number of rotatable bonds is 5. The van der Waals surface area contributed by atoms with Crippen LogP contribution in [0.15, 0.2) is 0 Å². The maximum absolute atomic E-state index is 11.7. The van der Waals surface area contributed by atoms with E-state index in [4.69, 9.17) is 5.11 Å². The summed E-state index contributed by atoms with van der Waals surface area (Å²) in [6.07, 6.45) is 9.27. The predicted molar refractivity (Wildman–Crippen MR) is 118 cm³/mol. The van der Waals surface area contributed by atoms with Crippen molar-refractivity contribution >= 4 is 5.97 Å². The lowest BCUT2D eigenvalue weighted by Gasteiger charge is -2.64. The monoisotopic (exact) mass is 420 g/mol. The van der Waals surface area contributed by atoms with Crippen LogP contribution in [0.4, 0.5) is 0 Å². The van der Waals surface area contributed by atoms with E-state index in [0.717, 1.165) is 32.1 Å². The van der Waals surface area contributed by atoms with E-state index in [0.29, 0.717) is 41.4 Å². The van der Waals surface area contributed by atoms with Crippen LogP contribution < -0.4 is 0 Å². The van der Waals surface area contributed by atoms with Crippen LogP contribution in [0.5, 0.6) is 0 Å². The fraction of sp³-hybridized carbons (Fsp3) is 0.962. The molecule has 0 aliphatic heterocycles. The fourth-order valence-corrected chi connectivity index (χ4v) is 9.48. The minimum absolute atomic E-state index is 0.194. The largest absolute Gasteiger partial charge is 0.481 e. The van der Waals surface area contributed by atoms with Gasteiger partial charge in [-0.05, 0) is 104 Å². The number of aliphatic hydroxyl groups is 2. The lowest BCUT2D eigenvalue weighted by Crippen LogP contribution is -2.62. The van der Waals surface area contributed by atoms with Crippen LogP contribution in [-0.2, 0) is 4.79 Å². The topological polar surface area (TPSA) is 77.8 Å². The van der Waals surface area contributed by atoms with Gasteiger partial charge >= 0.3 is 5.97 Å². The molecular weight excluding hydrogens is 376 g/mol. The van der Waals surface area contributed by atoms with Gasteiger partial charge in [0.2, 0.25) is 0 Å². The van der Waals surface area contributed by atoms with Gasteiger partial charge in [0.25, 0.3) is 0 Å². The zero-order valence-electron chi connectivity index (χ0n) is 19.5. The third-order valence-corrected chi connectivity index (χ3v) is 11.0. The molecule has 4 rings (SSSR count). The Morgan fingerprint density at radius 1 is 1.00 bits per heavy atom. The Morgan fingerprint density at radius 3 is 2.33 bits per heavy atom. The van der Waals surface area contributed by atoms with Gasteiger partial charge in [0.1, 0.15) is 0 Å². The molecule has 0 aromatic heterocycles. The number of carbonyl (C=O) groups is 1. The van der Waals surface area contributed by atoms with E-state index >= 15 is 0 Å².